The Bertz CT molecular complexity index is 1320. The first kappa shape index (κ1) is 27.7. The van der Waals surface area contributed by atoms with E-state index in [1.807, 2.05) is 18.2 Å². The van der Waals surface area contributed by atoms with Gasteiger partial charge in [-0.25, -0.2) is 5.01 Å². The number of fused-ring (bicyclic) bond motifs is 1. The van der Waals surface area contributed by atoms with Crippen LogP contribution in [0, 0.1) is 19.8 Å². The van der Waals surface area contributed by atoms with E-state index in [9.17, 15) is 9.59 Å². The van der Waals surface area contributed by atoms with E-state index < -0.39 is 0 Å². The number of hydrogen-bond acceptors (Lipinski definition) is 7. The second-order valence-electron chi connectivity index (χ2n) is 11.6. The van der Waals surface area contributed by atoms with Crippen LogP contribution in [-0.4, -0.2) is 85.1 Å². The number of hydrogen-bond donors (Lipinski definition) is 0. The standard InChI is InChI=1S/C32H40N4O5/c1-22-7-8-25(17-23(22)2)27-19-28(26-9-10-29-30(18-26)41-21-40-29)36(33-27)31(37)20-35(32(38)24-5-3-4-6-24)12-11-34-13-15-39-16-14-34/h7-10,17-18,24,28H,3-6,11-16,19-21H2,1-2H3/t28-/m0/s1. The van der Waals surface area contributed by atoms with E-state index in [0.29, 0.717) is 37.7 Å². The number of benzene rings is 2. The summed E-state index contributed by atoms with van der Waals surface area (Å²) in [5, 5.41) is 6.51. The molecule has 9 heteroatoms. The molecular formula is C32H40N4O5. The first-order chi connectivity index (χ1) is 20.0. The molecule has 41 heavy (non-hydrogen) atoms. The number of amides is 2. The molecule has 2 aromatic rings. The predicted molar refractivity (Wildman–Crippen MR) is 155 cm³/mol. The molecule has 3 aliphatic heterocycles. The molecule has 6 rings (SSSR count). The zero-order valence-corrected chi connectivity index (χ0v) is 24.1. The highest BCUT2D eigenvalue weighted by Gasteiger charge is 2.36. The Morgan fingerprint density at radius 3 is 2.54 bits per heavy atom. The van der Waals surface area contributed by atoms with Crippen molar-refractivity contribution in [1.29, 1.82) is 0 Å². The second kappa shape index (κ2) is 12.2. The molecule has 1 aliphatic carbocycles. The third-order valence-corrected chi connectivity index (χ3v) is 8.92. The van der Waals surface area contributed by atoms with Crippen molar-refractivity contribution in [3.63, 3.8) is 0 Å². The Morgan fingerprint density at radius 2 is 1.76 bits per heavy atom. The minimum atomic E-state index is -0.295. The minimum Gasteiger partial charge on any atom is -0.454 e. The van der Waals surface area contributed by atoms with Gasteiger partial charge in [0.25, 0.3) is 5.91 Å². The topological polar surface area (TPSA) is 83.9 Å². The minimum absolute atomic E-state index is 0.00493. The molecule has 0 radical (unpaired) electrons. The van der Waals surface area contributed by atoms with Gasteiger partial charge in [-0.05, 0) is 67.1 Å². The van der Waals surface area contributed by atoms with Crippen LogP contribution >= 0.6 is 0 Å². The van der Waals surface area contributed by atoms with Crippen LogP contribution in [0.2, 0.25) is 0 Å². The van der Waals surface area contributed by atoms with Crippen LogP contribution in [0.3, 0.4) is 0 Å². The number of carbonyl (C=O) groups is 2. The van der Waals surface area contributed by atoms with E-state index >= 15 is 0 Å². The van der Waals surface area contributed by atoms with Gasteiger partial charge in [-0.1, -0.05) is 31.0 Å². The lowest BCUT2D eigenvalue weighted by atomic mass is 9.96. The fourth-order valence-corrected chi connectivity index (χ4v) is 6.24. The summed E-state index contributed by atoms with van der Waals surface area (Å²) in [6.07, 6.45) is 4.53. The van der Waals surface area contributed by atoms with Crippen LogP contribution in [0.15, 0.2) is 41.5 Å². The first-order valence-corrected chi connectivity index (χ1v) is 14.9. The van der Waals surface area contributed by atoms with Crippen LogP contribution in [0.5, 0.6) is 11.5 Å². The van der Waals surface area contributed by atoms with Gasteiger partial charge in [-0.15, -0.1) is 0 Å². The summed E-state index contributed by atoms with van der Waals surface area (Å²) >= 11 is 0. The van der Waals surface area contributed by atoms with Gasteiger partial charge >= 0.3 is 0 Å². The molecule has 2 amide bonds. The fourth-order valence-electron chi connectivity index (χ4n) is 6.24. The Hall–Kier alpha value is -3.43. The number of ether oxygens (including phenoxy) is 3. The average molecular weight is 561 g/mol. The van der Waals surface area contributed by atoms with E-state index in [0.717, 1.165) is 62.2 Å². The first-order valence-electron chi connectivity index (χ1n) is 14.9. The molecular weight excluding hydrogens is 520 g/mol. The van der Waals surface area contributed by atoms with E-state index in [-0.39, 0.29) is 37.1 Å². The molecule has 3 heterocycles. The zero-order valence-electron chi connectivity index (χ0n) is 24.1. The highest BCUT2D eigenvalue weighted by molar-refractivity contribution is 6.03. The van der Waals surface area contributed by atoms with Crippen LogP contribution in [-0.2, 0) is 14.3 Å². The van der Waals surface area contributed by atoms with Gasteiger partial charge in [0.2, 0.25) is 12.7 Å². The molecule has 0 unspecified atom stereocenters. The smallest absolute Gasteiger partial charge is 0.262 e. The molecule has 1 saturated carbocycles. The third-order valence-electron chi connectivity index (χ3n) is 8.92. The summed E-state index contributed by atoms with van der Waals surface area (Å²) in [7, 11) is 0. The molecule has 0 bridgehead atoms. The van der Waals surface area contributed by atoms with Gasteiger partial charge in [0.15, 0.2) is 11.5 Å². The maximum atomic E-state index is 14.1. The molecule has 0 aromatic heterocycles. The lowest BCUT2D eigenvalue weighted by Gasteiger charge is -2.32. The summed E-state index contributed by atoms with van der Waals surface area (Å²) in [5.41, 5.74) is 5.22. The maximum Gasteiger partial charge on any atom is 0.262 e. The van der Waals surface area contributed by atoms with Crippen molar-refractivity contribution < 1.29 is 23.8 Å². The normalized spacial score (nSPS) is 20.9. The number of hydrazone groups is 1. The Morgan fingerprint density at radius 1 is 0.976 bits per heavy atom. The van der Waals surface area contributed by atoms with Crippen molar-refractivity contribution in [3.8, 4) is 11.5 Å². The molecule has 9 nitrogen and oxygen atoms in total. The largest absolute Gasteiger partial charge is 0.454 e. The summed E-state index contributed by atoms with van der Waals surface area (Å²) in [4.78, 5) is 31.8. The second-order valence-corrected chi connectivity index (χ2v) is 11.6. The monoisotopic (exact) mass is 560 g/mol. The van der Waals surface area contributed by atoms with Crippen LogP contribution < -0.4 is 9.47 Å². The van der Waals surface area contributed by atoms with Gasteiger partial charge < -0.3 is 19.1 Å². The highest BCUT2D eigenvalue weighted by atomic mass is 16.7. The highest BCUT2D eigenvalue weighted by Crippen LogP contribution is 2.39. The van der Waals surface area contributed by atoms with Gasteiger partial charge in [-0.3, -0.25) is 14.5 Å². The van der Waals surface area contributed by atoms with Crippen molar-refractivity contribution in [1.82, 2.24) is 14.8 Å². The fraction of sp³-hybridized carbons (Fsp3) is 0.531. The number of nitrogens with zero attached hydrogens (tertiary/aromatic N) is 4. The SMILES string of the molecule is Cc1ccc(C2=NN(C(=O)CN(CCN3CCOCC3)C(=O)C3CCCC3)[C@H](c3ccc4c(c3)OCO4)C2)cc1C. The summed E-state index contributed by atoms with van der Waals surface area (Å²) in [6, 6.07) is 11.8. The number of aryl methyl sites for hydroxylation is 2. The van der Waals surface area contributed by atoms with Crippen LogP contribution in [0.1, 0.15) is 60.4 Å². The molecule has 218 valence electrons. The Kier molecular flexibility index (Phi) is 8.25. The lowest BCUT2D eigenvalue weighted by molar-refractivity contribution is -0.144. The van der Waals surface area contributed by atoms with Gasteiger partial charge in [0, 0.05) is 38.5 Å². The molecule has 4 aliphatic rings. The zero-order chi connectivity index (χ0) is 28.3. The maximum absolute atomic E-state index is 14.1. The van der Waals surface area contributed by atoms with Gasteiger partial charge in [0.05, 0.1) is 25.0 Å². The van der Waals surface area contributed by atoms with Crippen molar-refractivity contribution in [2.75, 3.05) is 52.7 Å². The Balaban J connectivity index is 1.26. The number of morpholine rings is 1. The third kappa shape index (κ3) is 6.11. The van der Waals surface area contributed by atoms with Crippen molar-refractivity contribution >= 4 is 17.5 Å². The summed E-state index contributed by atoms with van der Waals surface area (Å²) in [5.74, 6) is 1.32. The van der Waals surface area contributed by atoms with Gasteiger partial charge in [0.1, 0.15) is 6.54 Å². The Labute approximate surface area is 242 Å². The van der Waals surface area contributed by atoms with Crippen LogP contribution in [0.25, 0.3) is 0 Å². The summed E-state index contributed by atoms with van der Waals surface area (Å²) < 4.78 is 16.7. The van der Waals surface area contributed by atoms with E-state index in [4.69, 9.17) is 19.3 Å². The predicted octanol–water partition coefficient (Wildman–Crippen LogP) is 4.06. The van der Waals surface area contributed by atoms with Crippen molar-refractivity contribution in [3.05, 3.63) is 58.7 Å². The van der Waals surface area contributed by atoms with E-state index in [1.165, 1.54) is 11.1 Å². The summed E-state index contributed by atoms with van der Waals surface area (Å²) in [6.45, 7) is 8.76. The molecule has 2 fully saturated rings. The van der Waals surface area contributed by atoms with Gasteiger partial charge in [-0.2, -0.15) is 5.10 Å². The number of rotatable bonds is 8. The molecule has 1 saturated heterocycles. The lowest BCUT2D eigenvalue weighted by Crippen LogP contribution is -2.47. The number of carbonyl (C=O) groups excluding carboxylic acids is 2. The van der Waals surface area contributed by atoms with E-state index in [2.05, 4.69) is 36.9 Å². The average Bonchev–Trinajstić information content (AvgIpc) is 3.77. The van der Waals surface area contributed by atoms with Crippen LogP contribution in [0.4, 0.5) is 0 Å². The molecule has 2 aromatic carbocycles. The van der Waals surface area contributed by atoms with Crippen molar-refractivity contribution in [2.24, 2.45) is 11.0 Å². The molecule has 1 atom stereocenters. The van der Waals surface area contributed by atoms with E-state index in [1.54, 1.807) is 9.91 Å². The quantitative estimate of drug-likeness (QED) is 0.484. The molecule has 0 N–H and O–H groups in total. The molecule has 0 spiro atoms. The van der Waals surface area contributed by atoms with Crippen molar-refractivity contribution in [2.45, 2.75) is 52.0 Å².